The van der Waals surface area contributed by atoms with Gasteiger partial charge in [-0.05, 0) is 62.4 Å². The van der Waals surface area contributed by atoms with E-state index in [1.165, 1.54) is 5.01 Å². The molecule has 192 valence electrons. The summed E-state index contributed by atoms with van der Waals surface area (Å²) in [4.78, 5) is 31.5. The van der Waals surface area contributed by atoms with Gasteiger partial charge in [0.25, 0.3) is 5.91 Å². The van der Waals surface area contributed by atoms with E-state index >= 15 is 0 Å². The van der Waals surface area contributed by atoms with Crippen molar-refractivity contribution < 1.29 is 19.1 Å². The van der Waals surface area contributed by atoms with Crippen LogP contribution in [0.1, 0.15) is 30.3 Å². The molecule has 5 rings (SSSR count). The number of amidine groups is 2. The normalized spacial score (nSPS) is 18.7. The van der Waals surface area contributed by atoms with E-state index in [9.17, 15) is 9.59 Å². The number of fused-ring (bicyclic) bond motifs is 1. The maximum Gasteiger partial charge on any atom is 0.283 e. The summed E-state index contributed by atoms with van der Waals surface area (Å²) < 4.78 is 13.2. The number of carbonyl (C=O) groups is 2. The zero-order valence-corrected chi connectivity index (χ0v) is 21.8. The van der Waals surface area contributed by atoms with E-state index in [0.717, 1.165) is 40.2 Å². The van der Waals surface area contributed by atoms with E-state index in [-0.39, 0.29) is 23.7 Å². The fourth-order valence-electron chi connectivity index (χ4n) is 4.54. The lowest BCUT2D eigenvalue weighted by Crippen LogP contribution is -2.41. The van der Waals surface area contributed by atoms with Gasteiger partial charge in [0.2, 0.25) is 11.1 Å². The third-order valence-corrected chi connectivity index (χ3v) is 7.25. The molecule has 3 aliphatic rings. The largest absolute Gasteiger partial charge is 0.492 e. The topological polar surface area (TPSA) is 113 Å². The molecule has 0 saturated carbocycles. The number of aromatic nitrogens is 1. The van der Waals surface area contributed by atoms with Gasteiger partial charge < -0.3 is 18.9 Å². The maximum atomic E-state index is 12.9. The van der Waals surface area contributed by atoms with E-state index in [2.05, 4.69) is 14.7 Å². The van der Waals surface area contributed by atoms with Gasteiger partial charge in [-0.25, -0.2) is 0 Å². The molecular formula is C26H28N6O4S. The van der Waals surface area contributed by atoms with Crippen LogP contribution in [-0.2, 0) is 14.3 Å². The van der Waals surface area contributed by atoms with Crippen LogP contribution in [0.5, 0.6) is 5.75 Å². The molecule has 3 aliphatic heterocycles. The third kappa shape index (κ3) is 4.84. The van der Waals surface area contributed by atoms with Crippen molar-refractivity contribution in [2.75, 3.05) is 32.9 Å². The lowest BCUT2D eigenvalue weighted by atomic mass is 10.1. The maximum absolute atomic E-state index is 12.9. The number of aliphatic imine (C=N–C) groups is 1. The summed E-state index contributed by atoms with van der Waals surface area (Å²) in [5.41, 5.74) is 3.73. The number of hydrogen-bond donors (Lipinski definition) is 1. The molecule has 1 saturated heterocycles. The lowest BCUT2D eigenvalue weighted by Gasteiger charge is -2.26. The highest BCUT2D eigenvalue weighted by atomic mass is 32.2. The number of ether oxygens (including phenoxy) is 2. The van der Waals surface area contributed by atoms with Crippen LogP contribution in [0.25, 0.3) is 11.8 Å². The van der Waals surface area contributed by atoms with Crippen LogP contribution >= 0.6 is 11.8 Å². The van der Waals surface area contributed by atoms with Crippen molar-refractivity contribution >= 4 is 45.7 Å². The Hall–Kier alpha value is -3.70. The fraction of sp³-hybridized carbons (Fsp3) is 0.346. The fourth-order valence-corrected chi connectivity index (χ4v) is 5.41. The first-order valence-electron chi connectivity index (χ1n) is 12.1. The number of benzene rings is 1. The highest BCUT2D eigenvalue weighted by Crippen LogP contribution is 2.32. The van der Waals surface area contributed by atoms with Gasteiger partial charge in [-0.15, -0.1) is 0 Å². The zero-order chi connectivity index (χ0) is 26.1. The summed E-state index contributed by atoms with van der Waals surface area (Å²) in [5, 5.41) is 15.3. The Morgan fingerprint density at radius 2 is 2.00 bits per heavy atom. The average molecular weight is 521 g/mol. The Bertz CT molecular complexity index is 1370. The van der Waals surface area contributed by atoms with E-state index in [1.807, 2.05) is 51.1 Å². The standard InChI is InChI=1S/C26H28N6O4S/c1-4-36-21-8-6-5-7-20(21)31-16(2)13-18(17(31)3)14-19-24(27)32-26(28-25(19)34)37-22(29-32)15-23(33)30-9-11-35-12-10-30/h5-8,13-14,27H,4,9-12,15H2,1-3H3/b19-14+,27-24?. The van der Waals surface area contributed by atoms with Gasteiger partial charge in [-0.3, -0.25) is 15.0 Å². The minimum atomic E-state index is -0.501. The van der Waals surface area contributed by atoms with E-state index in [1.54, 1.807) is 11.0 Å². The minimum Gasteiger partial charge on any atom is -0.492 e. The number of para-hydroxylation sites is 2. The Kier molecular flexibility index (Phi) is 6.98. The molecule has 0 aliphatic carbocycles. The second-order valence-electron chi connectivity index (χ2n) is 8.75. The first-order chi connectivity index (χ1) is 17.9. The van der Waals surface area contributed by atoms with Gasteiger partial charge in [0.05, 0.1) is 37.5 Å². The zero-order valence-electron chi connectivity index (χ0n) is 21.0. The number of nitrogens with zero attached hydrogens (tertiary/aromatic N) is 5. The summed E-state index contributed by atoms with van der Waals surface area (Å²) >= 11 is 1.16. The van der Waals surface area contributed by atoms with Gasteiger partial charge in [0.15, 0.2) is 5.84 Å². The smallest absolute Gasteiger partial charge is 0.283 e. The van der Waals surface area contributed by atoms with Crippen molar-refractivity contribution in [3.05, 3.63) is 52.9 Å². The molecule has 10 nitrogen and oxygen atoms in total. The molecule has 1 fully saturated rings. The van der Waals surface area contributed by atoms with Crippen LogP contribution in [0.2, 0.25) is 0 Å². The summed E-state index contributed by atoms with van der Waals surface area (Å²) in [6.45, 7) is 8.60. The molecule has 2 amide bonds. The number of amides is 2. The van der Waals surface area contributed by atoms with Gasteiger partial charge >= 0.3 is 0 Å². The monoisotopic (exact) mass is 520 g/mol. The molecule has 4 heterocycles. The first-order valence-corrected chi connectivity index (χ1v) is 12.9. The summed E-state index contributed by atoms with van der Waals surface area (Å²) in [6.07, 6.45) is 1.78. The molecule has 0 atom stereocenters. The molecule has 0 unspecified atom stereocenters. The highest BCUT2D eigenvalue weighted by molar-refractivity contribution is 8.27. The van der Waals surface area contributed by atoms with E-state index in [0.29, 0.717) is 43.1 Å². The first kappa shape index (κ1) is 25.0. The number of nitrogens with one attached hydrogen (secondary N) is 1. The molecular weight excluding hydrogens is 492 g/mol. The van der Waals surface area contributed by atoms with Gasteiger partial charge in [0, 0.05) is 24.5 Å². The summed E-state index contributed by atoms with van der Waals surface area (Å²) in [6, 6.07) is 9.77. The molecule has 37 heavy (non-hydrogen) atoms. The molecule has 11 heteroatoms. The number of thioether (sulfide) groups is 1. The summed E-state index contributed by atoms with van der Waals surface area (Å²) in [7, 11) is 0. The van der Waals surface area contributed by atoms with Crippen molar-refractivity contribution in [1.82, 2.24) is 14.5 Å². The molecule has 0 radical (unpaired) electrons. The van der Waals surface area contributed by atoms with Crippen molar-refractivity contribution in [3.63, 3.8) is 0 Å². The molecule has 1 aromatic carbocycles. The Balaban J connectivity index is 1.41. The van der Waals surface area contributed by atoms with Gasteiger partial charge in [-0.2, -0.15) is 15.1 Å². The highest BCUT2D eigenvalue weighted by Gasteiger charge is 2.36. The molecule has 2 aromatic rings. The van der Waals surface area contributed by atoms with Crippen molar-refractivity contribution in [1.29, 1.82) is 5.41 Å². The minimum absolute atomic E-state index is 0.0524. The van der Waals surface area contributed by atoms with Crippen LogP contribution in [0.4, 0.5) is 0 Å². The Morgan fingerprint density at radius 3 is 2.76 bits per heavy atom. The molecule has 0 bridgehead atoms. The summed E-state index contributed by atoms with van der Waals surface area (Å²) in [5.74, 6) is 0.155. The van der Waals surface area contributed by atoms with Crippen molar-refractivity contribution in [3.8, 4) is 11.4 Å². The number of hydrogen-bond acceptors (Lipinski definition) is 7. The predicted octanol–water partition coefficient (Wildman–Crippen LogP) is 3.36. The molecule has 1 aromatic heterocycles. The third-order valence-electron chi connectivity index (χ3n) is 6.34. The van der Waals surface area contributed by atoms with Crippen LogP contribution in [0.3, 0.4) is 0 Å². The lowest BCUT2D eigenvalue weighted by molar-refractivity contribution is -0.133. The molecule has 1 N–H and O–H groups in total. The second-order valence-corrected chi connectivity index (χ2v) is 9.79. The second kappa shape index (κ2) is 10.3. The SMILES string of the molecule is CCOc1ccccc1-n1c(C)cc(/C=C2\C(=N)N3N=C(CC(=O)N4CCOCC4)SC3=NC2=O)c1C. The Morgan fingerprint density at radius 1 is 1.24 bits per heavy atom. The number of carbonyl (C=O) groups excluding carboxylic acids is 2. The number of morpholine rings is 1. The van der Waals surface area contributed by atoms with Gasteiger partial charge in [-0.1, -0.05) is 12.1 Å². The van der Waals surface area contributed by atoms with E-state index < -0.39 is 5.91 Å². The van der Waals surface area contributed by atoms with Crippen LogP contribution in [-0.4, -0.2) is 75.2 Å². The Labute approximate surface area is 219 Å². The van der Waals surface area contributed by atoms with Gasteiger partial charge in [0.1, 0.15) is 10.8 Å². The number of rotatable bonds is 6. The van der Waals surface area contributed by atoms with Crippen molar-refractivity contribution in [2.45, 2.75) is 27.2 Å². The average Bonchev–Trinajstić information content (AvgIpc) is 3.42. The number of aryl methyl sites for hydroxylation is 1. The predicted molar refractivity (Wildman–Crippen MR) is 143 cm³/mol. The van der Waals surface area contributed by atoms with Crippen LogP contribution in [0, 0.1) is 19.3 Å². The quantitative estimate of drug-likeness (QED) is 0.585. The van der Waals surface area contributed by atoms with Crippen LogP contribution in [0.15, 0.2) is 46.0 Å². The van der Waals surface area contributed by atoms with Crippen LogP contribution < -0.4 is 4.74 Å². The molecule has 0 spiro atoms. The van der Waals surface area contributed by atoms with Crippen molar-refractivity contribution in [2.24, 2.45) is 10.1 Å². The van der Waals surface area contributed by atoms with E-state index in [4.69, 9.17) is 14.9 Å². The number of hydrazone groups is 1.